The van der Waals surface area contributed by atoms with Crippen LogP contribution in [0.4, 0.5) is 0 Å². The summed E-state index contributed by atoms with van der Waals surface area (Å²) in [4.78, 5) is 0. The number of fused-ring (bicyclic) bond motifs is 5. The third kappa shape index (κ3) is 4.08. The SMILES string of the molecule is C[C@H](CC(O)CC(C)(C)O)[C@H]1CC[C@H]2[C@@H]3[C@H](O)C[C@@H]4C[C@H](O)CC[C@]4(C)[C@H]3C[C@H](O)[C@]12C. The first-order valence-electron chi connectivity index (χ1n) is 13.2. The second-order valence-corrected chi connectivity index (χ2v) is 13.4. The van der Waals surface area contributed by atoms with E-state index in [1.807, 2.05) is 0 Å². The van der Waals surface area contributed by atoms with E-state index in [0.29, 0.717) is 36.5 Å². The Morgan fingerprint density at radius 2 is 1.66 bits per heavy atom. The zero-order valence-electron chi connectivity index (χ0n) is 20.9. The molecule has 5 nitrogen and oxygen atoms in total. The fourth-order valence-corrected chi connectivity index (χ4v) is 9.39. The average molecular weight is 453 g/mol. The standard InChI is InChI=1S/C27H48O5/c1-15(10-18(29)14-25(2,3)32)19-6-7-20-24-21(13-23(31)27(19,20)5)26(4)9-8-17(28)11-16(26)12-22(24)30/h15-24,28-32H,6-14H2,1-5H3/t15-,16+,17-,18?,19-,20+,21+,22-,23+,24+,26+,27-/m1/s1. The van der Waals surface area contributed by atoms with Crippen LogP contribution in [0.1, 0.15) is 92.4 Å². The normalized spacial score (nSPS) is 50.8. The first-order chi connectivity index (χ1) is 14.8. The smallest absolute Gasteiger partial charge is 0.0616 e. The Hall–Kier alpha value is -0.200. The number of aliphatic hydroxyl groups excluding tert-OH is 4. The molecule has 0 aromatic heterocycles. The van der Waals surface area contributed by atoms with Gasteiger partial charge < -0.3 is 25.5 Å². The highest BCUT2D eigenvalue weighted by atomic mass is 16.3. The van der Waals surface area contributed by atoms with Crippen LogP contribution in [-0.4, -0.2) is 55.5 Å². The number of aliphatic hydroxyl groups is 5. The maximum atomic E-state index is 11.6. The molecule has 32 heavy (non-hydrogen) atoms. The van der Waals surface area contributed by atoms with Crippen molar-refractivity contribution in [1.29, 1.82) is 0 Å². The number of rotatable bonds is 5. The van der Waals surface area contributed by atoms with E-state index in [1.165, 1.54) is 0 Å². The van der Waals surface area contributed by atoms with Gasteiger partial charge >= 0.3 is 0 Å². The molecular formula is C27H48O5. The molecule has 4 aliphatic rings. The van der Waals surface area contributed by atoms with Gasteiger partial charge in [-0.2, -0.15) is 0 Å². The van der Waals surface area contributed by atoms with Gasteiger partial charge in [0.15, 0.2) is 0 Å². The van der Waals surface area contributed by atoms with Crippen LogP contribution < -0.4 is 0 Å². The van der Waals surface area contributed by atoms with Crippen molar-refractivity contribution in [2.45, 2.75) is 122 Å². The molecule has 0 aromatic rings. The quantitative estimate of drug-likeness (QED) is 0.440. The zero-order valence-corrected chi connectivity index (χ0v) is 20.9. The molecule has 0 heterocycles. The largest absolute Gasteiger partial charge is 0.393 e. The molecule has 4 fully saturated rings. The second-order valence-electron chi connectivity index (χ2n) is 13.4. The third-order valence-corrected chi connectivity index (χ3v) is 10.9. The molecular weight excluding hydrogens is 404 g/mol. The predicted molar refractivity (Wildman–Crippen MR) is 125 cm³/mol. The van der Waals surface area contributed by atoms with Crippen molar-refractivity contribution in [3.8, 4) is 0 Å². The summed E-state index contributed by atoms with van der Waals surface area (Å²) in [6, 6.07) is 0. The van der Waals surface area contributed by atoms with Gasteiger partial charge in [-0.25, -0.2) is 0 Å². The molecule has 0 bridgehead atoms. The summed E-state index contributed by atoms with van der Waals surface area (Å²) in [5.41, 5.74) is -1.03. The van der Waals surface area contributed by atoms with Crippen LogP contribution in [-0.2, 0) is 0 Å². The molecule has 1 unspecified atom stereocenters. The lowest BCUT2D eigenvalue weighted by Crippen LogP contribution is -2.62. The van der Waals surface area contributed by atoms with Crippen molar-refractivity contribution in [2.75, 3.05) is 0 Å². The topological polar surface area (TPSA) is 101 Å². The minimum absolute atomic E-state index is 0.0953. The minimum Gasteiger partial charge on any atom is -0.393 e. The van der Waals surface area contributed by atoms with Gasteiger partial charge in [0.2, 0.25) is 0 Å². The van der Waals surface area contributed by atoms with Crippen LogP contribution in [0, 0.1) is 46.3 Å². The Bertz CT molecular complexity index is 675. The van der Waals surface area contributed by atoms with Gasteiger partial charge in [0.05, 0.1) is 30.0 Å². The number of hydrogen-bond donors (Lipinski definition) is 5. The Morgan fingerprint density at radius 1 is 0.969 bits per heavy atom. The summed E-state index contributed by atoms with van der Waals surface area (Å²) in [6.07, 6.45) is 5.66. The Balaban J connectivity index is 1.55. The minimum atomic E-state index is -0.884. The van der Waals surface area contributed by atoms with E-state index in [9.17, 15) is 25.5 Å². The lowest BCUT2D eigenvalue weighted by atomic mass is 9.43. The summed E-state index contributed by atoms with van der Waals surface area (Å²) < 4.78 is 0. The Kier molecular flexibility index (Phi) is 6.60. The van der Waals surface area contributed by atoms with Crippen molar-refractivity contribution >= 4 is 0 Å². The summed E-state index contributed by atoms with van der Waals surface area (Å²) in [5.74, 6) is 1.74. The van der Waals surface area contributed by atoms with Crippen molar-refractivity contribution in [2.24, 2.45) is 46.3 Å². The van der Waals surface area contributed by atoms with Gasteiger partial charge in [0, 0.05) is 6.42 Å². The molecule has 0 amide bonds. The summed E-state index contributed by atoms with van der Waals surface area (Å²) >= 11 is 0. The molecule has 0 radical (unpaired) electrons. The van der Waals surface area contributed by atoms with Gasteiger partial charge in [-0.15, -0.1) is 0 Å². The molecule has 4 saturated carbocycles. The van der Waals surface area contributed by atoms with Crippen molar-refractivity contribution in [1.82, 2.24) is 0 Å². The molecule has 0 spiro atoms. The first kappa shape index (κ1) is 24.9. The van der Waals surface area contributed by atoms with E-state index >= 15 is 0 Å². The van der Waals surface area contributed by atoms with E-state index in [4.69, 9.17) is 0 Å². The molecule has 0 saturated heterocycles. The first-order valence-corrected chi connectivity index (χ1v) is 13.2. The second kappa shape index (κ2) is 8.48. The number of hydrogen-bond acceptors (Lipinski definition) is 5. The van der Waals surface area contributed by atoms with Crippen LogP contribution >= 0.6 is 0 Å². The van der Waals surface area contributed by atoms with Crippen LogP contribution in [0.5, 0.6) is 0 Å². The van der Waals surface area contributed by atoms with Crippen molar-refractivity contribution in [3.05, 3.63) is 0 Å². The molecule has 12 atom stereocenters. The van der Waals surface area contributed by atoms with Crippen molar-refractivity contribution < 1.29 is 25.5 Å². The summed E-state index contributed by atoms with van der Waals surface area (Å²) in [6.45, 7) is 10.3. The Morgan fingerprint density at radius 3 is 2.31 bits per heavy atom. The molecule has 5 heteroatoms. The van der Waals surface area contributed by atoms with Gasteiger partial charge in [-0.05, 0) is 112 Å². The van der Waals surface area contributed by atoms with Gasteiger partial charge in [0.25, 0.3) is 0 Å². The van der Waals surface area contributed by atoms with Gasteiger partial charge in [-0.3, -0.25) is 0 Å². The van der Waals surface area contributed by atoms with Gasteiger partial charge in [-0.1, -0.05) is 20.8 Å². The highest BCUT2D eigenvalue weighted by molar-refractivity contribution is 5.14. The predicted octanol–water partition coefficient (Wildman–Crippen LogP) is 3.50. The fourth-order valence-electron chi connectivity index (χ4n) is 9.39. The maximum Gasteiger partial charge on any atom is 0.0616 e. The third-order valence-electron chi connectivity index (χ3n) is 10.9. The Labute approximate surface area is 194 Å². The molecule has 0 aliphatic heterocycles. The van der Waals surface area contributed by atoms with E-state index in [1.54, 1.807) is 13.8 Å². The van der Waals surface area contributed by atoms with E-state index in [0.717, 1.165) is 44.9 Å². The van der Waals surface area contributed by atoms with Gasteiger partial charge in [0.1, 0.15) is 0 Å². The lowest BCUT2D eigenvalue weighted by molar-refractivity contribution is -0.207. The lowest BCUT2D eigenvalue weighted by Gasteiger charge is -2.63. The van der Waals surface area contributed by atoms with Crippen LogP contribution in [0.2, 0.25) is 0 Å². The van der Waals surface area contributed by atoms with Crippen LogP contribution in [0.15, 0.2) is 0 Å². The highest BCUT2D eigenvalue weighted by Gasteiger charge is 2.65. The van der Waals surface area contributed by atoms with Crippen LogP contribution in [0.3, 0.4) is 0 Å². The van der Waals surface area contributed by atoms with E-state index in [-0.39, 0.29) is 34.9 Å². The summed E-state index contributed by atoms with van der Waals surface area (Å²) in [7, 11) is 0. The molecule has 186 valence electrons. The van der Waals surface area contributed by atoms with Crippen molar-refractivity contribution in [3.63, 3.8) is 0 Å². The fraction of sp³-hybridized carbons (Fsp3) is 1.00. The highest BCUT2D eigenvalue weighted by Crippen LogP contribution is 2.68. The molecule has 0 aromatic carbocycles. The molecule has 5 N–H and O–H groups in total. The van der Waals surface area contributed by atoms with E-state index < -0.39 is 17.8 Å². The van der Waals surface area contributed by atoms with E-state index in [2.05, 4.69) is 20.8 Å². The maximum absolute atomic E-state index is 11.6. The molecule has 4 rings (SSSR count). The summed E-state index contributed by atoms with van der Waals surface area (Å²) in [5, 5.41) is 53.9. The average Bonchev–Trinajstić information content (AvgIpc) is 3.01. The monoisotopic (exact) mass is 452 g/mol. The molecule has 4 aliphatic carbocycles. The van der Waals surface area contributed by atoms with Crippen LogP contribution in [0.25, 0.3) is 0 Å². The zero-order chi connectivity index (χ0) is 23.6.